The maximum absolute atomic E-state index is 12.8. The van der Waals surface area contributed by atoms with Crippen LogP contribution in [0.2, 0.25) is 0 Å². The van der Waals surface area contributed by atoms with E-state index in [1.54, 1.807) is 42.4 Å². The van der Waals surface area contributed by atoms with Crippen LogP contribution in [-0.2, 0) is 4.79 Å². The highest BCUT2D eigenvalue weighted by molar-refractivity contribution is 6.01. The van der Waals surface area contributed by atoms with Crippen LogP contribution >= 0.6 is 0 Å². The van der Waals surface area contributed by atoms with Gasteiger partial charge in [0.05, 0.1) is 0 Å². The number of carbonyl (C=O) groups is 2. The predicted molar refractivity (Wildman–Crippen MR) is 109 cm³/mol. The third-order valence-electron chi connectivity index (χ3n) is 5.07. The monoisotopic (exact) mass is 379 g/mol. The molecule has 1 atom stereocenters. The van der Waals surface area contributed by atoms with Gasteiger partial charge >= 0.3 is 0 Å². The van der Waals surface area contributed by atoms with E-state index in [9.17, 15) is 9.59 Å². The summed E-state index contributed by atoms with van der Waals surface area (Å²) in [4.78, 5) is 30.0. The molecule has 0 radical (unpaired) electrons. The zero-order chi connectivity index (χ0) is 20.1. The summed E-state index contributed by atoms with van der Waals surface area (Å²) < 4.78 is 0. The number of aromatic nitrogens is 2. The quantitative estimate of drug-likeness (QED) is 0.721. The van der Waals surface area contributed by atoms with Crippen molar-refractivity contribution in [2.24, 2.45) is 0 Å². The van der Waals surface area contributed by atoms with Gasteiger partial charge in [0, 0.05) is 50.7 Å². The first-order chi connectivity index (χ1) is 13.5. The maximum atomic E-state index is 12.8. The van der Waals surface area contributed by atoms with Gasteiger partial charge in [0.2, 0.25) is 5.91 Å². The lowest BCUT2D eigenvalue weighted by molar-refractivity contribution is -0.113. The molecule has 2 heterocycles. The summed E-state index contributed by atoms with van der Waals surface area (Å²) in [7, 11) is 3.49. The summed E-state index contributed by atoms with van der Waals surface area (Å²) in [6, 6.07) is 11.1. The molecule has 7 heteroatoms. The largest absolute Gasteiger partial charge is 0.350 e. The second-order valence-corrected chi connectivity index (χ2v) is 6.91. The van der Waals surface area contributed by atoms with E-state index in [4.69, 9.17) is 0 Å². The minimum atomic E-state index is -0.193. The number of anilines is 2. The van der Waals surface area contributed by atoms with E-state index in [1.165, 1.54) is 11.0 Å². The molecule has 0 N–H and O–H groups in total. The number of benzene rings is 1. The fraction of sp³-hybridized carbons (Fsp3) is 0.333. The average molecular weight is 379 g/mol. The maximum Gasteiger partial charge on any atom is 0.253 e. The summed E-state index contributed by atoms with van der Waals surface area (Å²) in [5.41, 5.74) is 1.31. The van der Waals surface area contributed by atoms with E-state index >= 15 is 0 Å². The lowest BCUT2D eigenvalue weighted by Gasteiger charge is -2.29. The van der Waals surface area contributed by atoms with Crippen LogP contribution in [0.25, 0.3) is 0 Å². The number of amides is 2. The molecule has 1 aromatic carbocycles. The Morgan fingerprint density at radius 2 is 2.00 bits per heavy atom. The molecule has 2 amide bonds. The molecular weight excluding hydrogens is 354 g/mol. The van der Waals surface area contributed by atoms with E-state index in [0.717, 1.165) is 25.2 Å². The second kappa shape index (κ2) is 8.65. The van der Waals surface area contributed by atoms with Gasteiger partial charge in [-0.1, -0.05) is 6.58 Å². The Balaban J connectivity index is 1.66. The van der Waals surface area contributed by atoms with Crippen molar-refractivity contribution in [3.05, 3.63) is 60.8 Å². The molecule has 1 unspecified atom stereocenters. The van der Waals surface area contributed by atoms with Gasteiger partial charge in [0.1, 0.15) is 0 Å². The van der Waals surface area contributed by atoms with E-state index in [2.05, 4.69) is 21.7 Å². The molecule has 0 spiro atoms. The zero-order valence-corrected chi connectivity index (χ0v) is 16.3. The molecule has 28 heavy (non-hydrogen) atoms. The van der Waals surface area contributed by atoms with Crippen LogP contribution < -0.4 is 9.80 Å². The van der Waals surface area contributed by atoms with Crippen molar-refractivity contribution in [3.8, 4) is 0 Å². The molecule has 0 saturated carbocycles. The van der Waals surface area contributed by atoms with E-state index in [1.807, 2.05) is 19.2 Å². The lowest BCUT2D eigenvalue weighted by Crippen LogP contribution is -2.41. The highest BCUT2D eigenvalue weighted by Crippen LogP contribution is 2.24. The standard InChI is InChI=1S/C21H25N5O2/c1-4-20(27)25(3)17-11-9-16(10-12-17)21(28)24(2)15-18-7-6-14-26(18)19-8-5-13-22-23-19/h4-5,8-13,18H,1,6-7,14-15H2,2-3H3. The van der Waals surface area contributed by atoms with Gasteiger partial charge in [-0.25, -0.2) is 0 Å². The van der Waals surface area contributed by atoms with Crippen LogP contribution in [0, 0.1) is 0 Å². The van der Waals surface area contributed by atoms with Crippen molar-refractivity contribution >= 4 is 23.3 Å². The van der Waals surface area contributed by atoms with Crippen LogP contribution in [0.15, 0.2) is 55.3 Å². The van der Waals surface area contributed by atoms with Crippen LogP contribution in [0.4, 0.5) is 11.5 Å². The molecule has 7 nitrogen and oxygen atoms in total. The van der Waals surface area contributed by atoms with Crippen molar-refractivity contribution in [3.63, 3.8) is 0 Å². The SMILES string of the molecule is C=CC(=O)N(C)c1ccc(C(=O)N(C)CC2CCCN2c2cccnn2)cc1. The molecule has 1 aliphatic rings. The number of carbonyl (C=O) groups excluding carboxylic acids is 2. The van der Waals surface area contributed by atoms with Gasteiger partial charge in [-0.2, -0.15) is 5.10 Å². The van der Waals surface area contributed by atoms with E-state index < -0.39 is 0 Å². The Hall–Kier alpha value is -3.22. The third kappa shape index (κ3) is 4.19. The van der Waals surface area contributed by atoms with Gasteiger partial charge in [-0.05, 0) is 55.3 Å². The van der Waals surface area contributed by atoms with Gasteiger partial charge < -0.3 is 14.7 Å². The molecule has 0 aliphatic carbocycles. The van der Waals surface area contributed by atoms with Crippen molar-refractivity contribution in [1.29, 1.82) is 0 Å². The summed E-state index contributed by atoms with van der Waals surface area (Å²) in [5.74, 6) is 0.613. The van der Waals surface area contributed by atoms with Gasteiger partial charge in [0.25, 0.3) is 5.91 Å². The summed E-state index contributed by atoms with van der Waals surface area (Å²) in [6.07, 6.45) is 5.01. The second-order valence-electron chi connectivity index (χ2n) is 6.91. The highest BCUT2D eigenvalue weighted by Gasteiger charge is 2.28. The highest BCUT2D eigenvalue weighted by atomic mass is 16.2. The fourth-order valence-electron chi connectivity index (χ4n) is 3.48. The number of hydrogen-bond donors (Lipinski definition) is 0. The summed E-state index contributed by atoms with van der Waals surface area (Å²) >= 11 is 0. The molecule has 2 aromatic rings. The Morgan fingerprint density at radius 1 is 1.25 bits per heavy atom. The molecule has 3 rings (SSSR count). The van der Waals surface area contributed by atoms with E-state index in [-0.39, 0.29) is 17.9 Å². The Bertz CT molecular complexity index is 838. The molecule has 146 valence electrons. The molecule has 1 saturated heterocycles. The third-order valence-corrected chi connectivity index (χ3v) is 5.07. The van der Waals surface area contributed by atoms with Crippen molar-refractivity contribution in [2.45, 2.75) is 18.9 Å². The molecule has 1 aliphatic heterocycles. The molecule has 1 fully saturated rings. The van der Waals surface area contributed by atoms with Crippen LogP contribution in [0.1, 0.15) is 23.2 Å². The average Bonchev–Trinajstić information content (AvgIpc) is 3.20. The fourth-order valence-corrected chi connectivity index (χ4v) is 3.48. The first-order valence-corrected chi connectivity index (χ1v) is 9.31. The normalized spacial score (nSPS) is 15.9. The van der Waals surface area contributed by atoms with E-state index in [0.29, 0.717) is 17.8 Å². The van der Waals surface area contributed by atoms with Crippen molar-refractivity contribution in [1.82, 2.24) is 15.1 Å². The summed E-state index contributed by atoms with van der Waals surface area (Å²) in [5, 5.41) is 8.16. The Morgan fingerprint density at radius 3 is 2.64 bits per heavy atom. The number of rotatable bonds is 6. The molecule has 1 aromatic heterocycles. The number of hydrogen-bond acceptors (Lipinski definition) is 5. The zero-order valence-electron chi connectivity index (χ0n) is 16.3. The van der Waals surface area contributed by atoms with Gasteiger partial charge in [0.15, 0.2) is 5.82 Å². The first kappa shape index (κ1) is 19.5. The minimum absolute atomic E-state index is 0.0461. The molecule has 0 bridgehead atoms. The number of likely N-dealkylation sites (N-methyl/N-ethyl adjacent to an activating group) is 2. The number of nitrogens with zero attached hydrogens (tertiary/aromatic N) is 5. The van der Waals surface area contributed by atoms with Crippen LogP contribution in [0.5, 0.6) is 0 Å². The Labute approximate surface area is 165 Å². The van der Waals surface area contributed by atoms with Crippen molar-refractivity contribution in [2.75, 3.05) is 37.0 Å². The minimum Gasteiger partial charge on any atom is -0.350 e. The summed E-state index contributed by atoms with van der Waals surface area (Å²) in [6.45, 7) is 5.03. The lowest BCUT2D eigenvalue weighted by atomic mass is 10.1. The Kier molecular flexibility index (Phi) is 6.03. The van der Waals surface area contributed by atoms with Gasteiger partial charge in [-0.15, -0.1) is 5.10 Å². The smallest absolute Gasteiger partial charge is 0.253 e. The predicted octanol–water partition coefficient (Wildman–Crippen LogP) is 2.37. The van der Waals surface area contributed by atoms with Crippen LogP contribution in [0.3, 0.4) is 0 Å². The van der Waals surface area contributed by atoms with Crippen LogP contribution in [-0.4, -0.2) is 60.1 Å². The topological polar surface area (TPSA) is 69.6 Å². The molecular formula is C21H25N5O2. The van der Waals surface area contributed by atoms with Crippen molar-refractivity contribution < 1.29 is 9.59 Å². The first-order valence-electron chi connectivity index (χ1n) is 9.31. The van der Waals surface area contributed by atoms with Gasteiger partial charge in [-0.3, -0.25) is 9.59 Å².